The van der Waals surface area contributed by atoms with Crippen molar-refractivity contribution in [3.8, 4) is 0 Å². The molecule has 1 aliphatic carbocycles. The summed E-state index contributed by atoms with van der Waals surface area (Å²) in [5.41, 5.74) is 0.104. The van der Waals surface area contributed by atoms with Crippen molar-refractivity contribution in [3.05, 3.63) is 23.8 Å². The van der Waals surface area contributed by atoms with Crippen molar-refractivity contribution in [2.24, 2.45) is 0 Å². The zero-order chi connectivity index (χ0) is 7.78. The number of hydrogen-bond donors (Lipinski definition) is 0. The van der Waals surface area contributed by atoms with Crippen LogP contribution in [0, 0.1) is 0 Å². The lowest BCUT2D eigenvalue weighted by atomic mass is 10.0. The summed E-state index contributed by atoms with van der Waals surface area (Å²) in [6.07, 6.45) is 2.16. The Hall–Kier alpha value is -0.990. The van der Waals surface area contributed by atoms with Crippen LogP contribution in [0.3, 0.4) is 0 Å². The molecule has 1 nitrogen and oxygen atoms in total. The van der Waals surface area contributed by atoms with Crippen LogP contribution < -0.4 is 0 Å². The van der Waals surface area contributed by atoms with E-state index in [1.165, 1.54) is 6.92 Å². The van der Waals surface area contributed by atoms with E-state index in [1.54, 1.807) is 0 Å². The molecule has 0 amide bonds. The third-order valence-corrected chi connectivity index (χ3v) is 1.25. The smallest absolute Gasteiger partial charge is 0.286 e. The van der Waals surface area contributed by atoms with E-state index in [4.69, 9.17) is 0 Å². The molecule has 0 aromatic carbocycles. The lowest BCUT2D eigenvalue weighted by molar-refractivity contribution is -0.111. The number of halogens is 2. The van der Waals surface area contributed by atoms with Gasteiger partial charge in [-0.3, -0.25) is 4.79 Å². The maximum Gasteiger partial charge on any atom is 0.286 e. The van der Waals surface area contributed by atoms with E-state index in [0.717, 1.165) is 6.08 Å². The van der Waals surface area contributed by atoms with Crippen molar-refractivity contribution in [1.82, 2.24) is 0 Å². The predicted molar refractivity (Wildman–Crippen MR) is 32.9 cm³/mol. The molecule has 0 radical (unpaired) electrons. The largest absolute Gasteiger partial charge is 0.290 e. The molecule has 1 aliphatic rings. The third kappa shape index (κ3) is 1.29. The molecule has 0 bridgehead atoms. The van der Waals surface area contributed by atoms with Gasteiger partial charge in [0.2, 0.25) is 0 Å². The van der Waals surface area contributed by atoms with Crippen LogP contribution in [-0.4, -0.2) is 11.7 Å². The van der Waals surface area contributed by atoms with Gasteiger partial charge >= 0.3 is 0 Å². The second-order valence-electron chi connectivity index (χ2n) is 2.20. The van der Waals surface area contributed by atoms with Gasteiger partial charge in [0, 0.05) is 0 Å². The molecule has 0 aromatic rings. The van der Waals surface area contributed by atoms with Crippen molar-refractivity contribution in [2.75, 3.05) is 0 Å². The molecule has 54 valence electrons. The van der Waals surface area contributed by atoms with Crippen LogP contribution in [0.2, 0.25) is 0 Å². The van der Waals surface area contributed by atoms with Gasteiger partial charge < -0.3 is 0 Å². The highest BCUT2D eigenvalue weighted by Crippen LogP contribution is 2.23. The van der Waals surface area contributed by atoms with Crippen molar-refractivity contribution in [2.45, 2.75) is 12.8 Å². The second kappa shape index (κ2) is 2.01. The minimum Gasteiger partial charge on any atom is -0.290 e. The van der Waals surface area contributed by atoms with Crippen LogP contribution in [0.4, 0.5) is 8.78 Å². The van der Waals surface area contributed by atoms with Crippen molar-refractivity contribution < 1.29 is 13.6 Å². The van der Waals surface area contributed by atoms with E-state index < -0.39 is 5.92 Å². The second-order valence-corrected chi connectivity index (χ2v) is 2.20. The molecule has 0 aromatic heterocycles. The van der Waals surface area contributed by atoms with Gasteiger partial charge in [-0.25, -0.2) is 0 Å². The minimum atomic E-state index is -2.93. The number of rotatable bonds is 0. The monoisotopic (exact) mass is 144 g/mol. The first-order chi connectivity index (χ1) is 4.51. The van der Waals surface area contributed by atoms with Gasteiger partial charge in [-0.1, -0.05) is 0 Å². The average molecular weight is 144 g/mol. The summed E-state index contributed by atoms with van der Waals surface area (Å²) >= 11 is 0. The lowest BCUT2D eigenvalue weighted by Crippen LogP contribution is -2.15. The van der Waals surface area contributed by atoms with Crippen molar-refractivity contribution >= 4 is 5.78 Å². The maximum absolute atomic E-state index is 12.3. The summed E-state index contributed by atoms with van der Waals surface area (Å²) < 4.78 is 24.6. The zero-order valence-corrected chi connectivity index (χ0v) is 5.40. The van der Waals surface area contributed by atoms with Crippen LogP contribution in [0.25, 0.3) is 0 Å². The highest BCUT2D eigenvalue weighted by Gasteiger charge is 2.26. The molecular weight excluding hydrogens is 138 g/mol. The first kappa shape index (κ1) is 7.12. The number of ketones is 1. The van der Waals surface area contributed by atoms with E-state index in [-0.39, 0.29) is 11.4 Å². The van der Waals surface area contributed by atoms with Gasteiger partial charge in [0.05, 0.1) is 0 Å². The number of alkyl halides is 2. The number of hydrogen-bond acceptors (Lipinski definition) is 1. The quantitative estimate of drug-likeness (QED) is 0.505. The van der Waals surface area contributed by atoms with Crippen LogP contribution in [-0.2, 0) is 4.79 Å². The van der Waals surface area contributed by atoms with E-state index in [1.807, 2.05) is 0 Å². The number of allylic oxidation sites excluding steroid dienone is 4. The normalized spacial score (nSPS) is 22.7. The average Bonchev–Trinajstić information content (AvgIpc) is 1.79. The van der Waals surface area contributed by atoms with Gasteiger partial charge in [0.25, 0.3) is 5.92 Å². The first-order valence-electron chi connectivity index (χ1n) is 2.82. The number of carbonyl (C=O) groups excluding carboxylic acids is 1. The maximum atomic E-state index is 12.3. The Morgan fingerprint density at radius 2 is 2.10 bits per heavy atom. The molecule has 0 N–H and O–H groups in total. The molecule has 3 heteroatoms. The molecule has 0 saturated heterocycles. The molecule has 0 saturated carbocycles. The SMILES string of the molecule is CC1=CC(F)(F)C=CC1=O. The fourth-order valence-electron chi connectivity index (χ4n) is 0.726. The van der Waals surface area contributed by atoms with Crippen LogP contribution >= 0.6 is 0 Å². The summed E-state index contributed by atoms with van der Waals surface area (Å²) in [7, 11) is 0. The summed E-state index contributed by atoms with van der Waals surface area (Å²) in [6.45, 7) is 1.37. The summed E-state index contributed by atoms with van der Waals surface area (Å²) in [5.74, 6) is -3.27. The number of carbonyl (C=O) groups is 1. The molecule has 0 heterocycles. The summed E-state index contributed by atoms with van der Waals surface area (Å²) in [4.78, 5) is 10.6. The Balaban J connectivity index is 2.95. The topological polar surface area (TPSA) is 17.1 Å². The van der Waals surface area contributed by atoms with Crippen LogP contribution in [0.15, 0.2) is 23.8 Å². The van der Waals surface area contributed by atoms with Gasteiger partial charge in [0.1, 0.15) is 0 Å². The fraction of sp³-hybridized carbons (Fsp3) is 0.286. The molecule has 0 spiro atoms. The lowest BCUT2D eigenvalue weighted by Gasteiger charge is -2.10. The van der Waals surface area contributed by atoms with Gasteiger partial charge in [-0.2, -0.15) is 8.78 Å². The Labute approximate surface area is 57.0 Å². The van der Waals surface area contributed by atoms with Crippen molar-refractivity contribution in [1.29, 1.82) is 0 Å². The highest BCUT2D eigenvalue weighted by molar-refractivity contribution is 6.04. The van der Waals surface area contributed by atoms with Gasteiger partial charge in [-0.15, -0.1) is 0 Å². The molecule has 0 aliphatic heterocycles. The van der Waals surface area contributed by atoms with E-state index in [9.17, 15) is 13.6 Å². The standard InChI is InChI=1S/C7H6F2O/c1-5-4-7(8,9)3-2-6(5)10/h2-4H,1H3. The molecule has 0 unspecified atom stereocenters. The Kier molecular flexibility index (Phi) is 1.43. The van der Waals surface area contributed by atoms with Crippen LogP contribution in [0.1, 0.15) is 6.92 Å². The Bertz CT molecular complexity index is 226. The molecule has 1 rings (SSSR count). The summed E-state index contributed by atoms with van der Waals surface area (Å²) in [6, 6.07) is 0. The molecule has 10 heavy (non-hydrogen) atoms. The minimum absolute atomic E-state index is 0.104. The van der Waals surface area contributed by atoms with E-state index in [2.05, 4.69) is 0 Å². The molecule has 0 fully saturated rings. The van der Waals surface area contributed by atoms with Gasteiger partial charge in [-0.05, 0) is 30.7 Å². The molecular formula is C7H6F2O. The molecule has 0 atom stereocenters. The third-order valence-electron chi connectivity index (χ3n) is 1.25. The first-order valence-corrected chi connectivity index (χ1v) is 2.82. The van der Waals surface area contributed by atoms with Crippen molar-refractivity contribution in [3.63, 3.8) is 0 Å². The van der Waals surface area contributed by atoms with E-state index >= 15 is 0 Å². The summed E-state index contributed by atoms with van der Waals surface area (Å²) in [5, 5.41) is 0. The van der Waals surface area contributed by atoms with Crippen LogP contribution in [0.5, 0.6) is 0 Å². The predicted octanol–water partition coefficient (Wildman–Crippen LogP) is 1.71. The highest BCUT2D eigenvalue weighted by atomic mass is 19.3. The Morgan fingerprint density at radius 3 is 2.50 bits per heavy atom. The van der Waals surface area contributed by atoms with E-state index in [0.29, 0.717) is 12.2 Å². The Morgan fingerprint density at radius 1 is 1.50 bits per heavy atom. The van der Waals surface area contributed by atoms with Gasteiger partial charge in [0.15, 0.2) is 5.78 Å². The zero-order valence-electron chi connectivity index (χ0n) is 5.40. The fourth-order valence-corrected chi connectivity index (χ4v) is 0.726.